The quantitative estimate of drug-likeness (QED) is 0.479. The minimum absolute atomic E-state index is 0.190. The van der Waals surface area contributed by atoms with Gasteiger partial charge >= 0.3 is 11.9 Å². The van der Waals surface area contributed by atoms with Crippen LogP contribution in [0, 0.1) is 11.8 Å². The Kier molecular flexibility index (Phi) is 9.40. The number of hydrogen-bond acceptors (Lipinski definition) is 6. The highest BCUT2D eigenvalue weighted by molar-refractivity contribution is 5.70. The van der Waals surface area contributed by atoms with Crippen LogP contribution in [0.25, 0.3) is 0 Å². The summed E-state index contributed by atoms with van der Waals surface area (Å²) in [6, 6.07) is 0. The fourth-order valence-corrected chi connectivity index (χ4v) is 3.83. The third kappa shape index (κ3) is 8.49. The molecule has 0 amide bonds. The van der Waals surface area contributed by atoms with Crippen molar-refractivity contribution >= 4 is 11.9 Å². The molecule has 2 N–H and O–H groups in total. The van der Waals surface area contributed by atoms with Crippen molar-refractivity contribution < 1.29 is 29.3 Å². The number of aliphatic hydroxyl groups is 2. The lowest BCUT2D eigenvalue weighted by Crippen LogP contribution is -2.24. The van der Waals surface area contributed by atoms with Crippen molar-refractivity contribution in [3.8, 4) is 0 Å². The van der Waals surface area contributed by atoms with Gasteiger partial charge in [-0.1, -0.05) is 6.42 Å². The van der Waals surface area contributed by atoms with Crippen LogP contribution in [0.4, 0.5) is 0 Å². The van der Waals surface area contributed by atoms with E-state index in [0.717, 1.165) is 51.4 Å². The normalized spacial score (nSPS) is 29.2. The lowest BCUT2D eigenvalue weighted by molar-refractivity contribution is -0.148. The summed E-state index contributed by atoms with van der Waals surface area (Å²) in [5, 5.41) is 19.1. The van der Waals surface area contributed by atoms with Gasteiger partial charge in [-0.2, -0.15) is 0 Å². The average molecular weight is 370 g/mol. The molecule has 2 atom stereocenters. The molecule has 0 aromatic heterocycles. The van der Waals surface area contributed by atoms with Crippen LogP contribution in [0.15, 0.2) is 0 Å². The van der Waals surface area contributed by atoms with Crippen LogP contribution in [0.3, 0.4) is 0 Å². The zero-order valence-electron chi connectivity index (χ0n) is 15.7. The minimum Gasteiger partial charge on any atom is -0.465 e. The molecule has 6 heteroatoms. The van der Waals surface area contributed by atoms with E-state index in [1.807, 2.05) is 0 Å². The third-order valence-corrected chi connectivity index (χ3v) is 5.54. The summed E-state index contributed by atoms with van der Waals surface area (Å²) in [5.74, 6) is 0.217. The molecule has 2 rings (SSSR count). The van der Waals surface area contributed by atoms with Crippen molar-refractivity contribution in [1.82, 2.24) is 0 Å². The molecule has 0 aromatic carbocycles. The van der Waals surface area contributed by atoms with Gasteiger partial charge in [0.05, 0.1) is 25.4 Å². The summed E-state index contributed by atoms with van der Waals surface area (Å²) in [7, 11) is 0. The van der Waals surface area contributed by atoms with Gasteiger partial charge in [0.1, 0.15) is 0 Å². The van der Waals surface area contributed by atoms with Crippen LogP contribution in [0.2, 0.25) is 0 Å². The predicted molar refractivity (Wildman–Crippen MR) is 96.3 cm³/mol. The van der Waals surface area contributed by atoms with Crippen molar-refractivity contribution in [3.63, 3.8) is 0 Å². The van der Waals surface area contributed by atoms with Gasteiger partial charge in [-0.25, -0.2) is 0 Å². The topological polar surface area (TPSA) is 93.1 Å². The molecule has 0 radical (unpaired) electrons. The first kappa shape index (κ1) is 21.2. The molecule has 0 aromatic rings. The summed E-state index contributed by atoms with van der Waals surface area (Å²) >= 11 is 0. The number of carbonyl (C=O) groups excluding carboxylic acids is 2. The lowest BCUT2D eigenvalue weighted by atomic mass is 9.88. The van der Waals surface area contributed by atoms with E-state index in [2.05, 4.69) is 0 Å². The van der Waals surface area contributed by atoms with E-state index in [4.69, 9.17) is 9.47 Å². The average Bonchev–Trinajstić information content (AvgIpc) is 2.63. The van der Waals surface area contributed by atoms with Gasteiger partial charge in [0.2, 0.25) is 0 Å². The fraction of sp³-hybridized carbons (Fsp3) is 0.900. The van der Waals surface area contributed by atoms with E-state index in [9.17, 15) is 19.8 Å². The molecule has 0 bridgehead atoms. The maximum Gasteiger partial charge on any atom is 0.305 e. The Bertz CT molecular complexity index is 430. The van der Waals surface area contributed by atoms with Crippen molar-refractivity contribution in [3.05, 3.63) is 0 Å². The second-order valence-corrected chi connectivity index (χ2v) is 7.93. The molecular weight excluding hydrogens is 336 g/mol. The zero-order valence-corrected chi connectivity index (χ0v) is 15.7. The summed E-state index contributed by atoms with van der Waals surface area (Å²) in [6.07, 6.45) is 8.45. The van der Waals surface area contributed by atoms with Gasteiger partial charge in [0.25, 0.3) is 0 Å². The molecule has 2 aliphatic carbocycles. The third-order valence-electron chi connectivity index (χ3n) is 5.54. The van der Waals surface area contributed by atoms with Crippen LogP contribution in [0.5, 0.6) is 0 Å². The number of hydrogen-bond donors (Lipinski definition) is 2. The summed E-state index contributed by atoms with van der Waals surface area (Å²) in [4.78, 5) is 23.5. The lowest BCUT2D eigenvalue weighted by Gasteiger charge is -2.25. The van der Waals surface area contributed by atoms with Crippen molar-refractivity contribution in [1.29, 1.82) is 0 Å². The van der Waals surface area contributed by atoms with Crippen molar-refractivity contribution in [2.24, 2.45) is 11.8 Å². The fourth-order valence-electron chi connectivity index (χ4n) is 3.83. The maximum atomic E-state index is 11.7. The second-order valence-electron chi connectivity index (χ2n) is 7.93. The van der Waals surface area contributed by atoms with Gasteiger partial charge in [-0.05, 0) is 69.6 Å². The predicted octanol–water partition coefficient (Wildman–Crippen LogP) is 2.74. The molecule has 2 unspecified atom stereocenters. The van der Waals surface area contributed by atoms with Crippen LogP contribution in [0.1, 0.15) is 77.0 Å². The molecule has 150 valence electrons. The van der Waals surface area contributed by atoms with E-state index in [-0.39, 0.29) is 30.1 Å². The van der Waals surface area contributed by atoms with Crippen molar-refractivity contribution in [2.75, 3.05) is 13.2 Å². The molecule has 0 spiro atoms. The zero-order chi connectivity index (χ0) is 18.8. The highest BCUT2D eigenvalue weighted by Gasteiger charge is 2.22. The smallest absolute Gasteiger partial charge is 0.305 e. The van der Waals surface area contributed by atoms with Crippen LogP contribution in [-0.4, -0.2) is 47.6 Å². The summed E-state index contributed by atoms with van der Waals surface area (Å²) < 4.78 is 10.6. The highest BCUT2D eigenvalue weighted by atomic mass is 16.5. The first-order valence-electron chi connectivity index (χ1n) is 10.2. The molecular formula is C20H34O6. The Morgan fingerprint density at radius 2 is 1.31 bits per heavy atom. The van der Waals surface area contributed by atoms with E-state index in [0.29, 0.717) is 44.8 Å². The maximum absolute atomic E-state index is 11.7. The van der Waals surface area contributed by atoms with E-state index < -0.39 is 0 Å². The van der Waals surface area contributed by atoms with E-state index in [1.54, 1.807) is 0 Å². The minimum atomic E-state index is -0.253. The van der Waals surface area contributed by atoms with Crippen LogP contribution < -0.4 is 0 Å². The number of esters is 2. The number of aliphatic hydroxyl groups excluding tert-OH is 2. The molecule has 26 heavy (non-hydrogen) atoms. The molecule has 0 heterocycles. The number of carbonyl (C=O) groups is 2. The Hall–Kier alpha value is -1.14. The van der Waals surface area contributed by atoms with E-state index in [1.165, 1.54) is 0 Å². The molecule has 0 aliphatic heterocycles. The van der Waals surface area contributed by atoms with Crippen LogP contribution in [-0.2, 0) is 19.1 Å². The summed E-state index contributed by atoms with van der Waals surface area (Å²) in [5.41, 5.74) is 0. The van der Waals surface area contributed by atoms with Gasteiger partial charge in [-0.3, -0.25) is 9.59 Å². The molecule has 6 nitrogen and oxygen atoms in total. The Labute approximate surface area is 156 Å². The standard InChI is InChI=1S/C20H34O6/c21-17-10-8-15(9-11-17)13-25-19(23)6-1-2-7-20(24)26-14-16-4-3-5-18(22)12-16/h15-18,21-22H,1-14H2. The molecule has 2 aliphatic rings. The number of rotatable bonds is 9. The van der Waals surface area contributed by atoms with Gasteiger partial charge in [0, 0.05) is 12.8 Å². The monoisotopic (exact) mass is 370 g/mol. The Morgan fingerprint density at radius 1 is 0.731 bits per heavy atom. The highest BCUT2D eigenvalue weighted by Crippen LogP contribution is 2.25. The van der Waals surface area contributed by atoms with Crippen molar-refractivity contribution in [2.45, 2.75) is 89.3 Å². The number of ether oxygens (including phenoxy) is 2. The molecule has 0 saturated heterocycles. The first-order chi connectivity index (χ1) is 12.5. The van der Waals surface area contributed by atoms with Gasteiger partial charge < -0.3 is 19.7 Å². The first-order valence-corrected chi connectivity index (χ1v) is 10.2. The Morgan fingerprint density at radius 3 is 1.88 bits per heavy atom. The second kappa shape index (κ2) is 11.5. The largest absolute Gasteiger partial charge is 0.465 e. The Balaban J connectivity index is 1.45. The molecule has 2 saturated carbocycles. The van der Waals surface area contributed by atoms with Gasteiger partial charge in [0.15, 0.2) is 0 Å². The van der Waals surface area contributed by atoms with Crippen LogP contribution >= 0.6 is 0 Å². The van der Waals surface area contributed by atoms with E-state index >= 15 is 0 Å². The molecule has 2 fully saturated rings. The number of unbranched alkanes of at least 4 members (excludes halogenated alkanes) is 1. The van der Waals surface area contributed by atoms with Gasteiger partial charge in [-0.15, -0.1) is 0 Å². The summed E-state index contributed by atoms with van der Waals surface area (Å²) in [6.45, 7) is 0.842. The SMILES string of the molecule is O=C(CCCCC(=O)OCC1CCCC(O)C1)OCC1CCC(O)CC1.